The Morgan fingerprint density at radius 2 is 1.00 bits per heavy atom. The van der Waals surface area contributed by atoms with Crippen LogP contribution in [-0.2, 0) is 5.41 Å². The van der Waals surface area contributed by atoms with Gasteiger partial charge in [-0.2, -0.15) is 0 Å². The number of nitrogens with zero attached hydrogens (tertiary/aromatic N) is 6. The standard InChI is InChI=1S/C31H24N6.Po/c1-31(2,27-15-9-17-29(32-27)36-21-19-25(34-36)23-11-5-3-6-12-23)28-16-10-18-30(33-28)37-22-20-26(35-37)24-13-7-4-8-14-24;/h3-20H,1-2H3;. The van der Waals surface area contributed by atoms with Crippen LogP contribution in [0.15, 0.2) is 109 Å². The second kappa shape index (κ2) is 9.11. The van der Waals surface area contributed by atoms with Gasteiger partial charge in [0.15, 0.2) is 0 Å². The van der Waals surface area contributed by atoms with Gasteiger partial charge < -0.3 is 0 Å². The fourth-order valence-corrected chi connectivity index (χ4v) is 8.59. The van der Waals surface area contributed by atoms with E-state index in [4.69, 9.17) is 20.2 Å². The fourth-order valence-electron chi connectivity index (χ4n) is 4.72. The Bertz CT molecular complexity index is 1640. The van der Waals surface area contributed by atoms with Crippen LogP contribution in [0.25, 0.3) is 34.2 Å². The number of aromatic nitrogens is 6. The second-order valence-corrected chi connectivity index (χ2v) is 13.8. The Labute approximate surface area is 232 Å². The summed E-state index contributed by atoms with van der Waals surface area (Å²) in [5.41, 5.74) is 5.61. The van der Waals surface area contributed by atoms with Gasteiger partial charge in [-0.25, -0.2) is 0 Å². The van der Waals surface area contributed by atoms with E-state index in [2.05, 4.69) is 108 Å². The quantitative estimate of drug-likeness (QED) is 0.269. The van der Waals surface area contributed by atoms with Crippen LogP contribution < -0.4 is 6.71 Å². The summed E-state index contributed by atoms with van der Waals surface area (Å²) in [6.45, 7) is 4.35. The minimum absolute atomic E-state index is 0.407. The van der Waals surface area contributed by atoms with Crippen molar-refractivity contribution in [3.63, 3.8) is 0 Å². The van der Waals surface area contributed by atoms with Crippen molar-refractivity contribution in [2.75, 3.05) is 0 Å². The van der Waals surface area contributed by atoms with Gasteiger partial charge >= 0.3 is 234 Å². The molecular formula is C31H24N6Po. The summed E-state index contributed by atoms with van der Waals surface area (Å²) >= 11 is -1.38. The van der Waals surface area contributed by atoms with Crippen LogP contribution in [0.4, 0.5) is 0 Å². The zero-order valence-corrected chi connectivity index (χ0v) is 24.2. The number of hydrogen-bond acceptors (Lipinski definition) is 4. The number of pyridine rings is 2. The molecule has 0 fully saturated rings. The summed E-state index contributed by atoms with van der Waals surface area (Å²) in [7, 11) is 0. The Kier molecular flexibility index (Phi) is 5.56. The van der Waals surface area contributed by atoms with Crippen LogP contribution in [0, 0.1) is 0 Å². The van der Waals surface area contributed by atoms with Gasteiger partial charge in [0.05, 0.1) is 0 Å². The molecule has 7 rings (SSSR count). The molecule has 0 aliphatic carbocycles. The summed E-state index contributed by atoms with van der Waals surface area (Å²) in [6.07, 6.45) is 0. The first-order valence-corrected chi connectivity index (χ1v) is 15.7. The Morgan fingerprint density at radius 3 is 1.45 bits per heavy atom. The molecule has 0 N–H and O–H groups in total. The molecule has 0 saturated carbocycles. The van der Waals surface area contributed by atoms with Gasteiger partial charge in [-0.1, -0.05) is 0 Å². The van der Waals surface area contributed by atoms with E-state index in [0.29, 0.717) is 0 Å². The monoisotopic (exact) mass is 689 g/mol. The first kappa shape index (κ1) is 23.2. The second-order valence-electron chi connectivity index (χ2n) is 9.78. The van der Waals surface area contributed by atoms with Crippen molar-refractivity contribution in [1.29, 1.82) is 0 Å². The Morgan fingerprint density at radius 1 is 0.553 bits per heavy atom. The van der Waals surface area contributed by atoms with E-state index < -0.39 is 29.0 Å². The maximum absolute atomic E-state index is 5.13. The molecule has 0 amide bonds. The normalized spacial score (nSPS) is 13.6. The third-order valence-electron chi connectivity index (χ3n) is 6.89. The zero-order chi connectivity index (χ0) is 25.7. The van der Waals surface area contributed by atoms with E-state index in [-0.39, 0.29) is 0 Å². The zero-order valence-electron chi connectivity index (χ0n) is 21.0. The van der Waals surface area contributed by atoms with Crippen molar-refractivity contribution < 1.29 is 0 Å². The van der Waals surface area contributed by atoms with Crippen molar-refractivity contribution >= 4 is 30.3 Å². The summed E-state index contributed by atoms with van der Waals surface area (Å²) in [6, 6.07) is 37.6. The molecule has 38 heavy (non-hydrogen) atoms. The number of rotatable bonds is 2. The Balaban J connectivity index is 1.50. The van der Waals surface area contributed by atoms with Crippen LogP contribution in [0.3, 0.4) is 0 Å². The molecule has 6 nitrogen and oxygen atoms in total. The van der Waals surface area contributed by atoms with Crippen LogP contribution in [-0.4, -0.2) is 53.1 Å². The number of benzene rings is 2. The molecule has 184 valence electrons. The molecular weight excluding hydrogens is 665 g/mol. The molecule has 0 atom stereocenters. The van der Waals surface area contributed by atoms with E-state index in [1.54, 1.807) is 0 Å². The van der Waals surface area contributed by atoms with Gasteiger partial charge in [0.2, 0.25) is 0 Å². The van der Waals surface area contributed by atoms with Crippen molar-refractivity contribution in [1.82, 2.24) is 29.5 Å². The predicted octanol–water partition coefficient (Wildman–Crippen LogP) is 4.48. The van der Waals surface area contributed by atoms with Crippen LogP contribution in [0.2, 0.25) is 0 Å². The predicted molar refractivity (Wildman–Crippen MR) is 151 cm³/mol. The third kappa shape index (κ3) is 3.99. The Hall–Kier alpha value is -3.94. The van der Waals surface area contributed by atoms with Gasteiger partial charge in [-0.3, -0.25) is 0 Å². The van der Waals surface area contributed by atoms with Gasteiger partial charge in [-0.15, -0.1) is 0 Å². The SMILES string of the molecule is CC1(C)c2cccc(n2)-n2nc(-c3ccccc3)c[c]2[Po][c]2cc(-c3ccccc3)nn2-c2cccc1n2. The van der Waals surface area contributed by atoms with Crippen LogP contribution in [0.5, 0.6) is 0 Å². The molecule has 0 unspecified atom stereocenters. The summed E-state index contributed by atoms with van der Waals surface area (Å²) in [5.74, 6) is 1.66. The van der Waals surface area contributed by atoms with E-state index in [1.165, 1.54) is 6.71 Å². The van der Waals surface area contributed by atoms with Gasteiger partial charge in [0.1, 0.15) is 0 Å². The van der Waals surface area contributed by atoms with Gasteiger partial charge in [0.25, 0.3) is 0 Å². The summed E-state index contributed by atoms with van der Waals surface area (Å²) in [5, 5.41) is 10.2. The van der Waals surface area contributed by atoms with Crippen molar-refractivity contribution in [3.8, 4) is 34.2 Å². The molecule has 1 aliphatic rings. The molecule has 0 saturated heterocycles. The molecule has 7 heteroatoms. The van der Waals surface area contributed by atoms with Crippen LogP contribution in [0.1, 0.15) is 25.2 Å². The number of fused-ring (bicyclic) bond motifs is 8. The van der Waals surface area contributed by atoms with E-state index >= 15 is 0 Å². The van der Waals surface area contributed by atoms with Crippen molar-refractivity contribution in [3.05, 3.63) is 121 Å². The van der Waals surface area contributed by atoms with Gasteiger partial charge in [-0.05, 0) is 0 Å². The topological polar surface area (TPSA) is 61.4 Å². The van der Waals surface area contributed by atoms with Crippen molar-refractivity contribution in [2.24, 2.45) is 0 Å². The molecule has 0 spiro atoms. The average Bonchev–Trinajstić information content (AvgIpc) is 3.59. The number of hydrogen-bond donors (Lipinski definition) is 0. The molecule has 4 aromatic heterocycles. The summed E-state index contributed by atoms with van der Waals surface area (Å²) < 4.78 is 6.50. The molecule has 2 aromatic carbocycles. The van der Waals surface area contributed by atoms with E-state index in [0.717, 1.165) is 45.5 Å². The molecule has 5 heterocycles. The van der Waals surface area contributed by atoms with Gasteiger partial charge in [0, 0.05) is 0 Å². The minimum atomic E-state index is -1.38. The molecule has 6 aromatic rings. The molecule has 0 radical (unpaired) electrons. The molecule has 4 bridgehead atoms. The molecule has 1 aliphatic heterocycles. The van der Waals surface area contributed by atoms with Crippen molar-refractivity contribution in [2.45, 2.75) is 19.3 Å². The average molecular weight is 690 g/mol. The third-order valence-corrected chi connectivity index (χ3v) is 10.8. The van der Waals surface area contributed by atoms with E-state index in [9.17, 15) is 0 Å². The van der Waals surface area contributed by atoms with E-state index in [1.807, 2.05) is 24.3 Å². The fraction of sp³-hybridized carbons (Fsp3) is 0.0968. The summed E-state index contributed by atoms with van der Waals surface area (Å²) in [4.78, 5) is 10.3. The first-order valence-electron chi connectivity index (χ1n) is 12.5. The van der Waals surface area contributed by atoms with Crippen LogP contribution >= 0.6 is 0 Å². The maximum atomic E-state index is 5.13. The first-order chi connectivity index (χ1) is 18.6.